The van der Waals surface area contributed by atoms with Crippen molar-refractivity contribution in [1.29, 1.82) is 0 Å². The maximum Gasteiger partial charge on any atom is 0.244 e. The number of ether oxygens (including phenoxy) is 2. The highest BCUT2D eigenvalue weighted by atomic mass is 35.5. The van der Waals surface area contributed by atoms with Crippen molar-refractivity contribution in [3.8, 4) is 11.5 Å². The zero-order valence-corrected chi connectivity index (χ0v) is 9.80. The summed E-state index contributed by atoms with van der Waals surface area (Å²) < 4.78 is 10.1. The summed E-state index contributed by atoms with van der Waals surface area (Å²) in [6.45, 7) is 0. The molecule has 0 spiro atoms. The number of methoxy groups -OCH3 is 2. The summed E-state index contributed by atoms with van der Waals surface area (Å²) in [7, 11) is 3.04. The van der Waals surface area contributed by atoms with Gasteiger partial charge in [0.2, 0.25) is 5.24 Å². The number of hydrogen-bond acceptors (Lipinski definition) is 3. The van der Waals surface area contributed by atoms with Gasteiger partial charge in [-0.15, -0.1) is 11.6 Å². The van der Waals surface area contributed by atoms with Crippen LogP contribution >= 0.6 is 23.2 Å². The van der Waals surface area contributed by atoms with Gasteiger partial charge in [-0.05, 0) is 29.3 Å². The first-order chi connectivity index (χ1) is 7.08. The van der Waals surface area contributed by atoms with E-state index in [4.69, 9.17) is 32.7 Å². The molecule has 0 saturated carbocycles. The highest BCUT2D eigenvalue weighted by Gasteiger charge is 2.17. The van der Waals surface area contributed by atoms with Gasteiger partial charge in [0.05, 0.1) is 14.2 Å². The molecule has 1 unspecified atom stereocenters. The van der Waals surface area contributed by atoms with Crippen molar-refractivity contribution in [2.75, 3.05) is 14.2 Å². The van der Waals surface area contributed by atoms with Crippen molar-refractivity contribution in [3.63, 3.8) is 0 Å². The lowest BCUT2D eigenvalue weighted by Gasteiger charge is -2.09. The van der Waals surface area contributed by atoms with E-state index in [-0.39, 0.29) is 0 Å². The molecular weight excluding hydrogens is 239 g/mol. The molecule has 0 aliphatic rings. The number of rotatable bonds is 4. The Labute approximate surface area is 97.9 Å². The van der Waals surface area contributed by atoms with Crippen molar-refractivity contribution < 1.29 is 14.3 Å². The molecule has 0 fully saturated rings. The molecule has 1 aromatic carbocycles. The van der Waals surface area contributed by atoms with Crippen molar-refractivity contribution in [2.24, 2.45) is 0 Å². The Bertz CT molecular complexity index is 343. The molecule has 3 nitrogen and oxygen atoms in total. The van der Waals surface area contributed by atoms with Crippen LogP contribution in [0.4, 0.5) is 0 Å². The Morgan fingerprint density at radius 1 is 1.20 bits per heavy atom. The quantitative estimate of drug-likeness (QED) is 0.608. The molecule has 1 aromatic rings. The summed E-state index contributed by atoms with van der Waals surface area (Å²) in [5, 5.41) is -1.53. The number of alkyl halides is 1. The van der Waals surface area contributed by atoms with Crippen LogP contribution in [0.3, 0.4) is 0 Å². The Morgan fingerprint density at radius 2 is 1.67 bits per heavy atom. The van der Waals surface area contributed by atoms with Gasteiger partial charge in [0, 0.05) is 6.07 Å². The molecule has 0 saturated heterocycles. The van der Waals surface area contributed by atoms with Gasteiger partial charge in [-0.25, -0.2) is 0 Å². The highest BCUT2D eigenvalue weighted by Crippen LogP contribution is 2.30. The van der Waals surface area contributed by atoms with E-state index < -0.39 is 10.6 Å². The third-order valence-electron chi connectivity index (χ3n) is 1.87. The van der Waals surface area contributed by atoms with E-state index in [0.29, 0.717) is 17.1 Å². The molecule has 0 N–H and O–H groups in total. The summed E-state index contributed by atoms with van der Waals surface area (Å²) in [5.41, 5.74) is 0.549. The Balaban J connectivity index is 3.11. The normalized spacial score (nSPS) is 12.0. The summed E-state index contributed by atoms with van der Waals surface area (Å²) in [4.78, 5) is 10.9. The molecule has 0 amide bonds. The van der Waals surface area contributed by atoms with Crippen LogP contribution in [0.25, 0.3) is 0 Å². The summed E-state index contributed by atoms with van der Waals surface area (Å²) in [5.74, 6) is 1.13. The molecule has 0 heterocycles. The van der Waals surface area contributed by atoms with Crippen molar-refractivity contribution in [2.45, 2.75) is 5.38 Å². The lowest BCUT2D eigenvalue weighted by molar-refractivity contribution is -0.111. The summed E-state index contributed by atoms with van der Waals surface area (Å²) in [6, 6.07) is 4.97. The molecule has 1 rings (SSSR count). The van der Waals surface area contributed by atoms with Crippen molar-refractivity contribution in [1.82, 2.24) is 0 Å². The van der Waals surface area contributed by atoms with Crippen LogP contribution in [0.2, 0.25) is 0 Å². The van der Waals surface area contributed by atoms with Crippen molar-refractivity contribution >= 4 is 28.4 Å². The van der Waals surface area contributed by atoms with Crippen molar-refractivity contribution in [3.05, 3.63) is 23.8 Å². The van der Waals surface area contributed by atoms with E-state index in [2.05, 4.69) is 0 Å². The number of carbonyl (C=O) groups is 1. The van der Waals surface area contributed by atoms with Gasteiger partial charge in [-0.2, -0.15) is 0 Å². The van der Waals surface area contributed by atoms with E-state index >= 15 is 0 Å². The fourth-order valence-electron chi connectivity index (χ4n) is 1.11. The number of hydrogen-bond donors (Lipinski definition) is 0. The number of carbonyl (C=O) groups excluding carboxylic acids is 1. The van der Waals surface area contributed by atoms with Crippen LogP contribution in [0.5, 0.6) is 11.5 Å². The van der Waals surface area contributed by atoms with Crippen LogP contribution < -0.4 is 9.47 Å². The SMILES string of the molecule is COc1cc(OC)cc(C(Cl)C(=O)Cl)c1. The van der Waals surface area contributed by atoms with Crippen LogP contribution in [-0.2, 0) is 4.79 Å². The zero-order chi connectivity index (χ0) is 11.4. The molecular formula is C10H10Cl2O3. The van der Waals surface area contributed by atoms with Gasteiger partial charge in [0.15, 0.2) is 0 Å². The largest absolute Gasteiger partial charge is 0.497 e. The third kappa shape index (κ3) is 3.01. The second-order valence-corrected chi connectivity index (χ2v) is 3.62. The minimum absolute atomic E-state index is 0.549. The highest BCUT2D eigenvalue weighted by molar-refractivity contribution is 6.68. The molecule has 0 aromatic heterocycles. The topological polar surface area (TPSA) is 35.5 Å². The minimum Gasteiger partial charge on any atom is -0.497 e. The van der Waals surface area contributed by atoms with E-state index in [1.165, 1.54) is 14.2 Å². The van der Waals surface area contributed by atoms with Gasteiger partial charge in [-0.1, -0.05) is 0 Å². The van der Waals surface area contributed by atoms with Gasteiger partial charge in [0.25, 0.3) is 0 Å². The minimum atomic E-state index is -0.893. The Hall–Kier alpha value is -0.930. The average molecular weight is 249 g/mol. The van der Waals surface area contributed by atoms with E-state index in [1.54, 1.807) is 18.2 Å². The monoisotopic (exact) mass is 248 g/mol. The first-order valence-corrected chi connectivity index (χ1v) is 4.96. The smallest absolute Gasteiger partial charge is 0.244 e. The Kier molecular flexibility index (Phi) is 4.24. The predicted octanol–water partition coefficient (Wildman–Crippen LogP) is 2.75. The standard InChI is InChI=1S/C10H10Cl2O3/c1-14-7-3-6(9(11)10(12)13)4-8(5-7)15-2/h3-5,9H,1-2H3. The molecule has 5 heteroatoms. The fraction of sp³-hybridized carbons (Fsp3) is 0.300. The second kappa shape index (κ2) is 5.24. The zero-order valence-electron chi connectivity index (χ0n) is 8.29. The maximum absolute atomic E-state index is 10.9. The first kappa shape index (κ1) is 12.1. The first-order valence-electron chi connectivity index (χ1n) is 4.15. The van der Waals surface area contributed by atoms with Crippen LogP contribution in [0, 0.1) is 0 Å². The predicted molar refractivity (Wildman–Crippen MR) is 59.0 cm³/mol. The molecule has 1 atom stereocenters. The number of halogens is 2. The van der Waals surface area contributed by atoms with Crippen LogP contribution in [0.15, 0.2) is 18.2 Å². The molecule has 15 heavy (non-hydrogen) atoms. The van der Waals surface area contributed by atoms with Gasteiger partial charge in [0.1, 0.15) is 16.9 Å². The molecule has 0 bridgehead atoms. The van der Waals surface area contributed by atoms with E-state index in [9.17, 15) is 4.79 Å². The van der Waals surface area contributed by atoms with E-state index in [0.717, 1.165) is 0 Å². The van der Waals surface area contributed by atoms with Crippen LogP contribution in [0.1, 0.15) is 10.9 Å². The van der Waals surface area contributed by atoms with Crippen LogP contribution in [-0.4, -0.2) is 19.5 Å². The Morgan fingerprint density at radius 3 is 2.00 bits per heavy atom. The maximum atomic E-state index is 10.9. The van der Waals surface area contributed by atoms with E-state index in [1.807, 2.05) is 0 Å². The molecule has 82 valence electrons. The van der Waals surface area contributed by atoms with Gasteiger partial charge < -0.3 is 9.47 Å². The molecule has 0 aliphatic heterocycles. The fourth-order valence-corrected chi connectivity index (χ4v) is 1.36. The average Bonchev–Trinajstić information content (AvgIpc) is 2.27. The third-order valence-corrected chi connectivity index (χ3v) is 2.65. The molecule has 0 aliphatic carbocycles. The number of benzene rings is 1. The summed E-state index contributed by atoms with van der Waals surface area (Å²) >= 11 is 11.1. The lowest BCUT2D eigenvalue weighted by atomic mass is 10.1. The molecule has 0 radical (unpaired) electrons. The lowest BCUT2D eigenvalue weighted by Crippen LogP contribution is -2.00. The second-order valence-electron chi connectivity index (χ2n) is 2.81. The van der Waals surface area contributed by atoms with Gasteiger partial charge in [-0.3, -0.25) is 4.79 Å². The summed E-state index contributed by atoms with van der Waals surface area (Å²) in [6.07, 6.45) is 0. The van der Waals surface area contributed by atoms with Gasteiger partial charge >= 0.3 is 0 Å².